The fraction of sp³-hybridized carbons (Fsp3) is 0.629. The number of thioether (sulfide) groups is 1. The SMILES string of the molecule is CCCCCCCCCCCCSCc1cc(CCC(=O)OC)cc(Cc2cc(C(C)(C)C)cc(C)c2O)c1O. The number of unbranched alkanes of at least 4 members (excludes halogenated alkanes) is 9. The third kappa shape index (κ3) is 11.8. The van der Waals surface area contributed by atoms with E-state index in [1.54, 1.807) is 0 Å². The van der Waals surface area contributed by atoms with Crippen LogP contribution >= 0.6 is 11.8 Å². The molecule has 0 aromatic heterocycles. The van der Waals surface area contributed by atoms with Crippen molar-refractivity contribution in [3.8, 4) is 11.5 Å². The number of methoxy groups -OCH3 is 1. The van der Waals surface area contributed by atoms with Crippen LogP contribution in [0.25, 0.3) is 0 Å². The quantitative estimate of drug-likeness (QED) is 0.138. The predicted octanol–water partition coefficient (Wildman–Crippen LogP) is 9.55. The maximum atomic E-state index is 11.8. The normalized spacial score (nSPS) is 11.7. The molecule has 0 aliphatic carbocycles. The van der Waals surface area contributed by atoms with Crippen LogP contribution in [0, 0.1) is 6.92 Å². The van der Waals surface area contributed by atoms with Crippen molar-refractivity contribution in [3.63, 3.8) is 0 Å². The van der Waals surface area contributed by atoms with Crippen LogP contribution in [0.4, 0.5) is 0 Å². The monoisotopic (exact) mass is 570 g/mol. The molecule has 0 spiro atoms. The fourth-order valence-electron chi connectivity index (χ4n) is 5.07. The molecule has 0 atom stereocenters. The first-order valence-electron chi connectivity index (χ1n) is 15.4. The molecule has 0 aliphatic heterocycles. The van der Waals surface area contributed by atoms with Crippen LogP contribution in [0.3, 0.4) is 0 Å². The second-order valence-electron chi connectivity index (χ2n) is 12.3. The standard InChI is InChI=1S/C35H54O4S/c1-7-8-9-10-11-12-13-14-15-16-19-40-25-30-22-27(17-18-32(36)39-6)21-28(34(30)38)23-29-24-31(35(3,4)5)20-26(2)33(29)37/h20-22,24,37-38H,7-19,23,25H2,1-6H3. The van der Waals surface area contributed by atoms with Crippen LogP contribution in [-0.2, 0) is 33.5 Å². The summed E-state index contributed by atoms with van der Waals surface area (Å²) in [6, 6.07) is 8.11. The molecule has 40 heavy (non-hydrogen) atoms. The van der Waals surface area contributed by atoms with Gasteiger partial charge in [0.1, 0.15) is 11.5 Å². The van der Waals surface area contributed by atoms with E-state index in [1.807, 2.05) is 36.9 Å². The Balaban J connectivity index is 2.05. The van der Waals surface area contributed by atoms with Crippen molar-refractivity contribution in [1.82, 2.24) is 0 Å². The van der Waals surface area contributed by atoms with E-state index in [9.17, 15) is 15.0 Å². The van der Waals surface area contributed by atoms with Gasteiger partial charge >= 0.3 is 5.97 Å². The van der Waals surface area contributed by atoms with Crippen LogP contribution in [0.5, 0.6) is 11.5 Å². The van der Waals surface area contributed by atoms with Gasteiger partial charge in [-0.2, -0.15) is 11.8 Å². The Labute approximate surface area is 248 Å². The molecule has 4 nitrogen and oxygen atoms in total. The van der Waals surface area contributed by atoms with E-state index < -0.39 is 0 Å². The number of rotatable bonds is 18. The predicted molar refractivity (Wildman–Crippen MR) is 171 cm³/mol. The lowest BCUT2D eigenvalue weighted by atomic mass is 9.84. The number of carbonyl (C=O) groups is 1. The highest BCUT2D eigenvalue weighted by atomic mass is 32.2. The van der Waals surface area contributed by atoms with E-state index in [1.165, 1.54) is 71.3 Å². The van der Waals surface area contributed by atoms with Crippen LogP contribution in [-0.4, -0.2) is 29.0 Å². The second kappa shape index (κ2) is 17.6. The summed E-state index contributed by atoms with van der Waals surface area (Å²) in [4.78, 5) is 11.8. The lowest BCUT2D eigenvalue weighted by molar-refractivity contribution is -0.140. The zero-order valence-electron chi connectivity index (χ0n) is 26.0. The largest absolute Gasteiger partial charge is 0.507 e. The summed E-state index contributed by atoms with van der Waals surface area (Å²) in [6.07, 6.45) is 14.6. The summed E-state index contributed by atoms with van der Waals surface area (Å²) in [5.74, 6) is 2.15. The van der Waals surface area contributed by atoms with E-state index in [-0.39, 0.29) is 17.1 Å². The summed E-state index contributed by atoms with van der Waals surface area (Å²) in [7, 11) is 1.41. The molecule has 2 rings (SSSR count). The molecule has 0 amide bonds. The van der Waals surface area contributed by atoms with Gasteiger partial charge in [0.25, 0.3) is 0 Å². The Morgan fingerprint density at radius 3 is 2.00 bits per heavy atom. The molecule has 2 N–H and O–H groups in total. The second-order valence-corrected chi connectivity index (χ2v) is 13.4. The summed E-state index contributed by atoms with van der Waals surface area (Å²) in [6.45, 7) is 10.7. The van der Waals surface area contributed by atoms with Crippen molar-refractivity contribution in [3.05, 3.63) is 57.6 Å². The third-order valence-corrected chi connectivity index (χ3v) is 8.79. The van der Waals surface area contributed by atoms with E-state index in [2.05, 4.69) is 33.8 Å². The van der Waals surface area contributed by atoms with Crippen LogP contribution in [0.2, 0.25) is 0 Å². The number of aromatic hydroxyl groups is 2. The van der Waals surface area contributed by atoms with Crippen molar-refractivity contribution in [1.29, 1.82) is 0 Å². The molecule has 2 aromatic rings. The van der Waals surface area contributed by atoms with Gasteiger partial charge in [-0.15, -0.1) is 0 Å². The first-order chi connectivity index (χ1) is 19.1. The van der Waals surface area contributed by atoms with Gasteiger partial charge in [0.05, 0.1) is 7.11 Å². The van der Waals surface area contributed by atoms with Crippen LogP contribution < -0.4 is 0 Å². The van der Waals surface area contributed by atoms with Crippen molar-refractivity contribution >= 4 is 17.7 Å². The third-order valence-electron chi connectivity index (χ3n) is 7.70. The number of benzene rings is 2. The smallest absolute Gasteiger partial charge is 0.305 e. The molecular formula is C35H54O4S. The van der Waals surface area contributed by atoms with Gasteiger partial charge in [-0.3, -0.25) is 4.79 Å². The number of hydrogen-bond acceptors (Lipinski definition) is 5. The molecule has 0 saturated carbocycles. The van der Waals surface area contributed by atoms with Gasteiger partial charge in [0, 0.05) is 24.2 Å². The van der Waals surface area contributed by atoms with E-state index in [4.69, 9.17) is 4.74 Å². The lowest BCUT2D eigenvalue weighted by Crippen LogP contribution is -2.12. The van der Waals surface area contributed by atoms with Gasteiger partial charge in [-0.05, 0) is 58.8 Å². The van der Waals surface area contributed by atoms with Gasteiger partial charge in [-0.25, -0.2) is 0 Å². The zero-order chi connectivity index (χ0) is 29.5. The van der Waals surface area contributed by atoms with E-state index >= 15 is 0 Å². The summed E-state index contributed by atoms with van der Waals surface area (Å²) >= 11 is 1.86. The Bertz CT molecular complexity index is 1050. The first-order valence-corrected chi connectivity index (χ1v) is 16.5. The molecule has 0 unspecified atom stereocenters. The summed E-state index contributed by atoms with van der Waals surface area (Å²) in [5, 5.41) is 22.1. The number of aryl methyl sites for hydroxylation is 2. The molecule has 0 fully saturated rings. The number of esters is 1. The number of phenols is 2. The fourth-order valence-corrected chi connectivity index (χ4v) is 6.06. The summed E-state index contributed by atoms with van der Waals surface area (Å²) < 4.78 is 4.85. The number of hydrogen-bond donors (Lipinski definition) is 2. The van der Waals surface area contributed by atoms with Crippen molar-refractivity contribution in [2.45, 2.75) is 129 Å². The average Bonchev–Trinajstić information content (AvgIpc) is 2.91. The molecule has 0 heterocycles. The molecule has 0 radical (unpaired) electrons. The van der Waals surface area contributed by atoms with E-state index in [0.29, 0.717) is 25.0 Å². The minimum atomic E-state index is -0.238. The van der Waals surface area contributed by atoms with Gasteiger partial charge < -0.3 is 14.9 Å². The minimum absolute atomic E-state index is 0.0476. The molecule has 0 aliphatic rings. The highest BCUT2D eigenvalue weighted by molar-refractivity contribution is 7.98. The van der Waals surface area contributed by atoms with Gasteiger partial charge in [0.2, 0.25) is 0 Å². The Kier molecular flexibility index (Phi) is 15.0. The minimum Gasteiger partial charge on any atom is -0.507 e. The summed E-state index contributed by atoms with van der Waals surface area (Å²) in [5.41, 5.74) is 5.47. The maximum Gasteiger partial charge on any atom is 0.305 e. The topological polar surface area (TPSA) is 66.8 Å². The van der Waals surface area contributed by atoms with Crippen LogP contribution in [0.15, 0.2) is 24.3 Å². The van der Waals surface area contributed by atoms with Crippen molar-refractivity contribution in [2.24, 2.45) is 0 Å². The first kappa shape index (κ1) is 34.1. The average molecular weight is 571 g/mol. The molecule has 5 heteroatoms. The van der Waals surface area contributed by atoms with Crippen molar-refractivity contribution < 1.29 is 19.7 Å². The molecule has 0 bridgehead atoms. The number of ether oxygens (including phenoxy) is 1. The van der Waals surface area contributed by atoms with Crippen LogP contribution in [0.1, 0.15) is 132 Å². The lowest BCUT2D eigenvalue weighted by Gasteiger charge is -2.22. The number of carbonyl (C=O) groups excluding carboxylic acids is 1. The van der Waals surface area contributed by atoms with Gasteiger partial charge in [-0.1, -0.05) is 110 Å². The Morgan fingerprint density at radius 1 is 0.825 bits per heavy atom. The molecular weight excluding hydrogens is 516 g/mol. The van der Waals surface area contributed by atoms with Crippen molar-refractivity contribution in [2.75, 3.05) is 12.9 Å². The molecule has 0 saturated heterocycles. The zero-order valence-corrected chi connectivity index (χ0v) is 26.9. The molecule has 224 valence electrons. The van der Waals surface area contributed by atoms with E-state index in [0.717, 1.165) is 44.9 Å². The highest BCUT2D eigenvalue weighted by Crippen LogP contribution is 2.36. The Morgan fingerprint density at radius 2 is 1.40 bits per heavy atom. The maximum absolute atomic E-state index is 11.8. The molecule has 2 aromatic carbocycles. The highest BCUT2D eigenvalue weighted by Gasteiger charge is 2.19. The Hall–Kier alpha value is -2.14. The number of phenolic OH excluding ortho intramolecular Hbond substituents is 2. The van der Waals surface area contributed by atoms with Gasteiger partial charge in [0.15, 0.2) is 0 Å².